The van der Waals surface area contributed by atoms with Crippen LogP contribution in [0.1, 0.15) is 48.9 Å². The van der Waals surface area contributed by atoms with Crippen molar-refractivity contribution in [1.82, 2.24) is 29.8 Å². The Kier molecular flexibility index (Phi) is 3.44. The summed E-state index contributed by atoms with van der Waals surface area (Å²) in [7, 11) is 0. The Bertz CT molecular complexity index is 897. The Morgan fingerprint density at radius 2 is 2.28 bits per heavy atom. The van der Waals surface area contributed by atoms with Crippen LogP contribution >= 0.6 is 0 Å². The monoisotopic (exact) mass is 339 g/mol. The molecule has 2 atom stereocenters. The second-order valence-corrected chi connectivity index (χ2v) is 6.84. The molecule has 2 aliphatic rings. The van der Waals surface area contributed by atoms with Crippen LogP contribution < -0.4 is 5.32 Å². The third kappa shape index (κ3) is 2.66. The van der Waals surface area contributed by atoms with Crippen molar-refractivity contribution in [2.45, 2.75) is 44.1 Å². The zero-order valence-corrected chi connectivity index (χ0v) is 14.1. The zero-order chi connectivity index (χ0) is 16.8. The lowest BCUT2D eigenvalue weighted by Crippen LogP contribution is -2.27. The number of H-pyrrole nitrogens is 1. The van der Waals surface area contributed by atoms with Gasteiger partial charge >= 0.3 is 0 Å². The summed E-state index contributed by atoms with van der Waals surface area (Å²) in [6, 6.07) is 2.25. The molecule has 130 valence electrons. The van der Waals surface area contributed by atoms with E-state index in [1.165, 1.54) is 12.8 Å². The molecule has 4 heterocycles. The molecule has 0 amide bonds. The van der Waals surface area contributed by atoms with E-state index in [0.717, 1.165) is 35.1 Å². The number of hydrogen-bond donors (Lipinski definition) is 2. The molecule has 2 N–H and O–H groups in total. The van der Waals surface area contributed by atoms with Crippen LogP contribution in [-0.4, -0.2) is 49.0 Å². The van der Waals surface area contributed by atoms with E-state index >= 15 is 0 Å². The third-order valence-electron chi connectivity index (χ3n) is 5.02. The van der Waals surface area contributed by atoms with Gasteiger partial charge in [0.05, 0.1) is 30.9 Å². The average molecular weight is 339 g/mol. The van der Waals surface area contributed by atoms with Crippen LogP contribution in [0.25, 0.3) is 5.52 Å². The maximum Gasteiger partial charge on any atom is 0.158 e. The minimum Gasteiger partial charge on any atom is -0.378 e. The summed E-state index contributed by atoms with van der Waals surface area (Å²) in [6.45, 7) is 3.30. The van der Waals surface area contributed by atoms with Gasteiger partial charge in [-0.2, -0.15) is 10.2 Å². The van der Waals surface area contributed by atoms with Crippen LogP contribution in [0.4, 0.5) is 5.82 Å². The molecule has 1 aliphatic heterocycles. The molecule has 0 radical (unpaired) electrons. The van der Waals surface area contributed by atoms with Crippen LogP contribution in [0.2, 0.25) is 0 Å². The van der Waals surface area contributed by atoms with Gasteiger partial charge in [-0.1, -0.05) is 6.92 Å². The van der Waals surface area contributed by atoms with Crippen molar-refractivity contribution < 1.29 is 4.74 Å². The van der Waals surface area contributed by atoms with Gasteiger partial charge in [0.15, 0.2) is 11.6 Å². The van der Waals surface area contributed by atoms with E-state index in [4.69, 9.17) is 4.74 Å². The summed E-state index contributed by atoms with van der Waals surface area (Å²) in [5.41, 5.74) is 2.18. The Balaban J connectivity index is 1.43. The van der Waals surface area contributed by atoms with Crippen molar-refractivity contribution >= 4 is 11.3 Å². The molecule has 25 heavy (non-hydrogen) atoms. The first kappa shape index (κ1) is 14.8. The highest BCUT2D eigenvalue weighted by Gasteiger charge is 2.33. The number of aromatic nitrogens is 6. The Morgan fingerprint density at radius 3 is 3.08 bits per heavy atom. The smallest absolute Gasteiger partial charge is 0.158 e. The van der Waals surface area contributed by atoms with E-state index in [2.05, 4.69) is 43.6 Å². The standard InChI is InChI=1S/C17H21N7O/c1-2-15-20-16(22-21-15)11-8-25-9-13(11)19-17-14-7-12(10-3-4-10)23-24(14)6-5-18-17/h5-7,10-11,13H,2-4,8-9H2,1H3,(H,18,19)(H,20,21,22)/t11-,13+/m1/s1. The number of anilines is 1. The molecule has 0 aromatic carbocycles. The predicted octanol–water partition coefficient (Wildman–Crippen LogP) is 1.88. The molecule has 8 nitrogen and oxygen atoms in total. The number of rotatable bonds is 5. The number of aromatic amines is 1. The minimum atomic E-state index is 0.0958. The first-order chi connectivity index (χ1) is 12.3. The molecule has 0 unspecified atom stereocenters. The lowest BCUT2D eigenvalue weighted by molar-refractivity contribution is 0.191. The van der Waals surface area contributed by atoms with Crippen LogP contribution in [0.3, 0.4) is 0 Å². The summed E-state index contributed by atoms with van der Waals surface area (Å²) in [6.07, 6.45) is 7.01. The summed E-state index contributed by atoms with van der Waals surface area (Å²) in [4.78, 5) is 9.11. The van der Waals surface area contributed by atoms with Gasteiger partial charge in [0.25, 0.3) is 0 Å². The molecular formula is C17H21N7O. The summed E-state index contributed by atoms with van der Waals surface area (Å²) in [5, 5.41) is 15.6. The van der Waals surface area contributed by atoms with Crippen molar-refractivity contribution in [3.05, 3.63) is 35.8 Å². The highest BCUT2D eigenvalue weighted by atomic mass is 16.5. The van der Waals surface area contributed by atoms with E-state index < -0.39 is 0 Å². The van der Waals surface area contributed by atoms with Gasteiger partial charge < -0.3 is 10.1 Å². The Labute approximate surface area is 145 Å². The van der Waals surface area contributed by atoms with Gasteiger partial charge in [0.1, 0.15) is 11.3 Å². The molecule has 1 saturated carbocycles. The molecule has 0 spiro atoms. The number of nitrogens with one attached hydrogen (secondary N) is 2. The Hall–Kier alpha value is -2.48. The zero-order valence-electron chi connectivity index (χ0n) is 14.1. The van der Waals surface area contributed by atoms with Crippen LogP contribution in [0.5, 0.6) is 0 Å². The highest BCUT2D eigenvalue weighted by Crippen LogP contribution is 2.40. The van der Waals surface area contributed by atoms with E-state index in [1.807, 2.05) is 10.7 Å². The van der Waals surface area contributed by atoms with Crippen molar-refractivity contribution in [1.29, 1.82) is 0 Å². The molecule has 1 aliphatic carbocycles. The lowest BCUT2D eigenvalue weighted by Gasteiger charge is -2.17. The fraction of sp³-hybridized carbons (Fsp3) is 0.529. The maximum atomic E-state index is 5.70. The first-order valence-electron chi connectivity index (χ1n) is 8.91. The summed E-state index contributed by atoms with van der Waals surface area (Å²) >= 11 is 0. The third-order valence-corrected chi connectivity index (χ3v) is 5.02. The number of fused-ring (bicyclic) bond motifs is 1. The van der Waals surface area contributed by atoms with Crippen molar-refractivity contribution in [2.75, 3.05) is 18.5 Å². The topological polar surface area (TPSA) is 93.0 Å². The van der Waals surface area contributed by atoms with Gasteiger partial charge in [-0.05, 0) is 18.9 Å². The van der Waals surface area contributed by atoms with Gasteiger partial charge in [0.2, 0.25) is 0 Å². The number of nitrogens with zero attached hydrogens (tertiary/aromatic N) is 5. The lowest BCUT2D eigenvalue weighted by atomic mass is 10.0. The second kappa shape index (κ2) is 5.80. The largest absolute Gasteiger partial charge is 0.378 e. The molecule has 5 rings (SSSR count). The van der Waals surface area contributed by atoms with Gasteiger partial charge in [-0.15, -0.1) is 0 Å². The van der Waals surface area contributed by atoms with Gasteiger partial charge in [-0.3, -0.25) is 5.10 Å². The van der Waals surface area contributed by atoms with Crippen LogP contribution in [-0.2, 0) is 11.2 Å². The summed E-state index contributed by atoms with van der Waals surface area (Å²) < 4.78 is 7.61. The van der Waals surface area contributed by atoms with Crippen LogP contribution in [0.15, 0.2) is 18.5 Å². The molecule has 8 heteroatoms. The highest BCUT2D eigenvalue weighted by molar-refractivity contribution is 5.68. The van der Waals surface area contributed by atoms with E-state index in [-0.39, 0.29) is 12.0 Å². The van der Waals surface area contributed by atoms with Crippen molar-refractivity contribution in [2.24, 2.45) is 0 Å². The molecule has 2 fully saturated rings. The van der Waals surface area contributed by atoms with Gasteiger partial charge in [-0.25, -0.2) is 14.5 Å². The second-order valence-electron chi connectivity index (χ2n) is 6.84. The number of hydrogen-bond acceptors (Lipinski definition) is 6. The quantitative estimate of drug-likeness (QED) is 0.737. The number of aryl methyl sites for hydroxylation is 1. The summed E-state index contributed by atoms with van der Waals surface area (Å²) in [5.74, 6) is 3.30. The Morgan fingerprint density at radius 1 is 1.36 bits per heavy atom. The normalized spacial score (nSPS) is 23.4. The van der Waals surface area contributed by atoms with Crippen molar-refractivity contribution in [3.8, 4) is 0 Å². The molecular weight excluding hydrogens is 318 g/mol. The van der Waals surface area contributed by atoms with Crippen molar-refractivity contribution in [3.63, 3.8) is 0 Å². The maximum absolute atomic E-state index is 5.70. The molecule has 0 bridgehead atoms. The molecule has 3 aromatic rings. The van der Waals surface area contributed by atoms with Gasteiger partial charge in [0, 0.05) is 24.7 Å². The average Bonchev–Trinajstić information content (AvgIpc) is 3.04. The fourth-order valence-electron chi connectivity index (χ4n) is 3.39. The molecule has 3 aromatic heterocycles. The SMILES string of the molecule is CCc1nc([C@@H]2COC[C@@H]2Nc2nccn3nc(C4CC4)cc23)n[nH]1. The van der Waals surface area contributed by atoms with E-state index in [1.54, 1.807) is 6.20 Å². The van der Waals surface area contributed by atoms with Crippen LogP contribution in [0, 0.1) is 0 Å². The predicted molar refractivity (Wildman–Crippen MR) is 91.7 cm³/mol. The van der Waals surface area contributed by atoms with E-state index in [9.17, 15) is 0 Å². The minimum absolute atomic E-state index is 0.0958. The fourth-order valence-corrected chi connectivity index (χ4v) is 3.39. The van der Waals surface area contributed by atoms with E-state index in [0.29, 0.717) is 19.1 Å². The first-order valence-corrected chi connectivity index (χ1v) is 8.91. The number of ether oxygens (including phenoxy) is 1. The molecule has 1 saturated heterocycles.